The number of benzene rings is 2. The zero-order chi connectivity index (χ0) is 24.3. The molecular formula is C28H35ClFN3. The molecule has 0 spiro atoms. The molecule has 33 heavy (non-hydrogen) atoms. The normalized spacial score (nSPS) is 11.4. The van der Waals surface area contributed by atoms with Crippen LogP contribution in [-0.2, 0) is 0 Å². The van der Waals surface area contributed by atoms with E-state index in [1.54, 1.807) is 12.1 Å². The van der Waals surface area contributed by atoms with Crippen LogP contribution < -0.4 is 10.6 Å². The van der Waals surface area contributed by atoms with E-state index in [1.165, 1.54) is 0 Å². The Morgan fingerprint density at radius 2 is 1.42 bits per heavy atom. The second kappa shape index (κ2) is 10.6. The fraction of sp³-hybridized carbons (Fsp3) is 0.393. The molecule has 0 aliphatic carbocycles. The van der Waals surface area contributed by atoms with Crippen molar-refractivity contribution < 1.29 is 4.39 Å². The van der Waals surface area contributed by atoms with Crippen molar-refractivity contribution in [3.05, 3.63) is 64.1 Å². The molecule has 0 atom stereocenters. The highest BCUT2D eigenvalue weighted by Crippen LogP contribution is 2.42. The zero-order valence-corrected chi connectivity index (χ0v) is 21.5. The molecule has 0 saturated heterocycles. The lowest BCUT2D eigenvalue weighted by Crippen LogP contribution is -2.09. The molecule has 1 heterocycles. The maximum Gasteiger partial charge on any atom is 0.146 e. The average molecular weight is 468 g/mol. The van der Waals surface area contributed by atoms with Crippen LogP contribution in [0.3, 0.4) is 0 Å². The zero-order valence-electron chi connectivity index (χ0n) is 20.7. The van der Waals surface area contributed by atoms with E-state index in [0.717, 1.165) is 57.9 Å². The summed E-state index contributed by atoms with van der Waals surface area (Å²) in [5.74, 6) is 1.59. The van der Waals surface area contributed by atoms with Gasteiger partial charge in [0.25, 0.3) is 0 Å². The molecule has 2 aromatic carbocycles. The van der Waals surface area contributed by atoms with E-state index in [2.05, 4.69) is 56.3 Å². The molecule has 5 heteroatoms. The second-order valence-electron chi connectivity index (χ2n) is 9.62. The van der Waals surface area contributed by atoms with Crippen molar-refractivity contribution in [2.75, 3.05) is 23.7 Å². The largest absolute Gasteiger partial charge is 0.382 e. The van der Waals surface area contributed by atoms with Crippen molar-refractivity contribution >= 4 is 23.1 Å². The van der Waals surface area contributed by atoms with E-state index in [1.807, 2.05) is 32.2 Å². The quantitative estimate of drug-likeness (QED) is 0.350. The number of nitrogens with one attached hydrogen (secondary N) is 2. The van der Waals surface area contributed by atoms with Crippen molar-refractivity contribution in [3.63, 3.8) is 0 Å². The molecule has 0 fully saturated rings. The molecule has 0 saturated carbocycles. The Labute approximate surface area is 202 Å². The fourth-order valence-electron chi connectivity index (χ4n) is 3.98. The molecule has 3 rings (SSSR count). The van der Waals surface area contributed by atoms with Gasteiger partial charge in [-0.2, -0.15) is 0 Å². The van der Waals surface area contributed by atoms with Crippen LogP contribution in [0.15, 0.2) is 36.5 Å². The molecule has 2 N–H and O–H groups in total. The predicted molar refractivity (Wildman–Crippen MR) is 141 cm³/mol. The van der Waals surface area contributed by atoms with Gasteiger partial charge in [0.05, 0.1) is 10.7 Å². The monoisotopic (exact) mass is 467 g/mol. The standard InChI is InChI=1S/C28H35ClFN3/c1-16(2)13-31-24-10-8-21(12-23(24)30)27-19(6)18(5)26(20(7)28(27)29)22-9-11-25(33-15-22)32-14-17(3)4/h8-12,15-17,31H,13-14H2,1-7H3,(H,32,33). The van der Waals surface area contributed by atoms with Gasteiger partial charge in [-0.05, 0) is 84.7 Å². The van der Waals surface area contributed by atoms with E-state index in [0.29, 0.717) is 22.5 Å². The van der Waals surface area contributed by atoms with Crippen molar-refractivity contribution in [1.29, 1.82) is 0 Å². The fourth-order valence-corrected chi connectivity index (χ4v) is 4.32. The van der Waals surface area contributed by atoms with Gasteiger partial charge < -0.3 is 10.6 Å². The average Bonchev–Trinajstić information content (AvgIpc) is 2.77. The molecule has 1 aromatic heterocycles. The molecule has 3 nitrogen and oxygen atoms in total. The maximum absolute atomic E-state index is 14.8. The van der Waals surface area contributed by atoms with Crippen LogP contribution in [0, 0.1) is 38.4 Å². The molecule has 0 amide bonds. The van der Waals surface area contributed by atoms with Gasteiger partial charge in [-0.25, -0.2) is 9.37 Å². The highest BCUT2D eigenvalue weighted by Gasteiger charge is 2.19. The number of anilines is 2. The van der Waals surface area contributed by atoms with Crippen molar-refractivity contribution in [2.24, 2.45) is 11.8 Å². The number of aromatic nitrogens is 1. The van der Waals surface area contributed by atoms with Gasteiger partial charge in [-0.3, -0.25) is 0 Å². The first-order valence-corrected chi connectivity index (χ1v) is 12.0. The SMILES string of the molecule is Cc1c(C)c(-c2ccc(NCC(C)C)c(F)c2)c(Cl)c(C)c1-c1ccc(NCC(C)C)nc1. The molecule has 0 bridgehead atoms. The second-order valence-corrected chi connectivity index (χ2v) is 9.99. The third kappa shape index (κ3) is 5.67. The lowest BCUT2D eigenvalue weighted by atomic mass is 9.87. The Morgan fingerprint density at radius 1 is 0.818 bits per heavy atom. The summed E-state index contributed by atoms with van der Waals surface area (Å²) in [6.45, 7) is 16.3. The molecular weight excluding hydrogens is 433 g/mol. The predicted octanol–water partition coefficient (Wildman–Crippen LogP) is 8.27. The number of pyridine rings is 1. The van der Waals surface area contributed by atoms with Gasteiger partial charge in [0.1, 0.15) is 11.6 Å². The van der Waals surface area contributed by atoms with Crippen LogP contribution in [0.5, 0.6) is 0 Å². The lowest BCUT2D eigenvalue weighted by molar-refractivity contribution is 0.624. The van der Waals surface area contributed by atoms with Crippen molar-refractivity contribution in [3.8, 4) is 22.3 Å². The van der Waals surface area contributed by atoms with Gasteiger partial charge in [-0.15, -0.1) is 0 Å². The van der Waals surface area contributed by atoms with Gasteiger partial charge >= 0.3 is 0 Å². The van der Waals surface area contributed by atoms with Crippen LogP contribution >= 0.6 is 11.6 Å². The Kier molecular flexibility index (Phi) is 8.01. The van der Waals surface area contributed by atoms with Gasteiger partial charge in [0, 0.05) is 30.4 Å². The number of hydrogen-bond donors (Lipinski definition) is 2. The number of rotatable bonds is 8. The Bertz CT molecular complexity index is 1090. The highest BCUT2D eigenvalue weighted by molar-refractivity contribution is 6.35. The minimum Gasteiger partial charge on any atom is -0.382 e. The van der Waals surface area contributed by atoms with Crippen molar-refractivity contribution in [2.45, 2.75) is 48.5 Å². The minimum absolute atomic E-state index is 0.267. The summed E-state index contributed by atoms with van der Waals surface area (Å²) in [4.78, 5) is 4.59. The Morgan fingerprint density at radius 3 is 2.00 bits per heavy atom. The molecule has 176 valence electrons. The Balaban J connectivity index is 1.99. The summed E-state index contributed by atoms with van der Waals surface area (Å²) in [7, 11) is 0. The maximum atomic E-state index is 14.8. The third-order valence-electron chi connectivity index (χ3n) is 5.94. The Hall–Kier alpha value is -2.59. The van der Waals surface area contributed by atoms with E-state index in [9.17, 15) is 4.39 Å². The lowest BCUT2D eigenvalue weighted by Gasteiger charge is -2.20. The molecule has 3 aromatic rings. The highest BCUT2D eigenvalue weighted by atomic mass is 35.5. The number of hydrogen-bond acceptors (Lipinski definition) is 3. The van der Waals surface area contributed by atoms with Crippen LogP contribution in [-0.4, -0.2) is 18.1 Å². The summed E-state index contributed by atoms with van der Waals surface area (Å²) < 4.78 is 14.8. The van der Waals surface area contributed by atoms with E-state index >= 15 is 0 Å². The van der Waals surface area contributed by atoms with Gasteiger partial charge in [-0.1, -0.05) is 45.4 Å². The summed E-state index contributed by atoms with van der Waals surface area (Å²) in [6, 6.07) is 9.40. The van der Waals surface area contributed by atoms with Gasteiger partial charge in [0.15, 0.2) is 0 Å². The summed E-state index contributed by atoms with van der Waals surface area (Å²) in [5, 5.41) is 7.18. The number of nitrogens with zero attached hydrogens (tertiary/aromatic N) is 1. The van der Waals surface area contributed by atoms with E-state index in [-0.39, 0.29) is 5.82 Å². The first-order valence-electron chi connectivity index (χ1n) is 11.6. The van der Waals surface area contributed by atoms with Crippen molar-refractivity contribution in [1.82, 2.24) is 4.98 Å². The van der Waals surface area contributed by atoms with Gasteiger partial charge in [0.2, 0.25) is 0 Å². The third-order valence-corrected chi connectivity index (χ3v) is 6.41. The molecule has 0 aliphatic rings. The molecule has 0 radical (unpaired) electrons. The van der Waals surface area contributed by atoms with Crippen LogP contribution in [0.1, 0.15) is 44.4 Å². The number of halogens is 2. The topological polar surface area (TPSA) is 37.0 Å². The summed E-state index contributed by atoms with van der Waals surface area (Å²) >= 11 is 6.90. The summed E-state index contributed by atoms with van der Waals surface area (Å²) in [5.41, 5.74) is 7.44. The molecule has 0 aliphatic heterocycles. The smallest absolute Gasteiger partial charge is 0.146 e. The first kappa shape index (κ1) is 25.0. The molecule has 0 unspecified atom stereocenters. The van der Waals surface area contributed by atoms with Crippen LogP contribution in [0.25, 0.3) is 22.3 Å². The van der Waals surface area contributed by atoms with E-state index < -0.39 is 0 Å². The minimum atomic E-state index is -0.267. The summed E-state index contributed by atoms with van der Waals surface area (Å²) in [6.07, 6.45) is 1.89. The first-order chi connectivity index (χ1) is 15.6. The van der Waals surface area contributed by atoms with Crippen LogP contribution in [0.2, 0.25) is 5.02 Å². The van der Waals surface area contributed by atoms with E-state index in [4.69, 9.17) is 11.6 Å². The van der Waals surface area contributed by atoms with Crippen LogP contribution in [0.4, 0.5) is 15.9 Å².